The second-order valence-corrected chi connectivity index (χ2v) is 8.18. The molecule has 0 radical (unpaired) electrons. The molecule has 6 heteroatoms. The van der Waals surface area contributed by atoms with Crippen LogP contribution in [0.3, 0.4) is 0 Å². The Labute approximate surface area is 172 Å². The summed E-state index contributed by atoms with van der Waals surface area (Å²) in [5.74, 6) is 0.415. The fraction of sp³-hybridized carbons (Fsp3) is 0.136. The molecule has 140 valence electrons. The van der Waals surface area contributed by atoms with Crippen molar-refractivity contribution in [2.24, 2.45) is 0 Å². The molecule has 2 aromatic heterocycles. The predicted molar refractivity (Wildman–Crippen MR) is 116 cm³/mol. The number of benzene rings is 2. The fourth-order valence-corrected chi connectivity index (χ4v) is 4.55. The van der Waals surface area contributed by atoms with Gasteiger partial charge in [-0.3, -0.25) is 4.79 Å². The van der Waals surface area contributed by atoms with E-state index in [0.29, 0.717) is 12.3 Å². The van der Waals surface area contributed by atoms with Gasteiger partial charge < -0.3 is 4.90 Å². The Balaban J connectivity index is 1.54. The number of carbonyl (C=O) groups excluding carboxylic acids is 1. The van der Waals surface area contributed by atoms with Gasteiger partial charge in [-0.25, -0.2) is 0 Å². The van der Waals surface area contributed by atoms with Gasteiger partial charge in [0, 0.05) is 29.9 Å². The molecule has 2 heterocycles. The van der Waals surface area contributed by atoms with Crippen molar-refractivity contribution in [1.29, 1.82) is 0 Å². The first-order chi connectivity index (χ1) is 13.7. The van der Waals surface area contributed by atoms with E-state index in [1.54, 1.807) is 16.2 Å². The number of amides is 1. The van der Waals surface area contributed by atoms with Crippen LogP contribution in [0.5, 0.6) is 0 Å². The van der Waals surface area contributed by atoms with E-state index in [-0.39, 0.29) is 5.91 Å². The van der Waals surface area contributed by atoms with Crippen LogP contribution in [0.1, 0.15) is 5.56 Å². The quantitative estimate of drug-likeness (QED) is 0.418. The maximum Gasteiger partial charge on any atom is 0.233 e. The minimum Gasteiger partial charge on any atom is -0.341 e. The van der Waals surface area contributed by atoms with E-state index >= 15 is 0 Å². The maximum atomic E-state index is 12.5. The highest BCUT2D eigenvalue weighted by Gasteiger charge is 2.14. The lowest BCUT2D eigenvalue weighted by Gasteiger charge is -2.16. The number of hydrogen-bond acceptors (Lipinski definition) is 5. The van der Waals surface area contributed by atoms with Crippen LogP contribution >= 0.6 is 23.1 Å². The van der Waals surface area contributed by atoms with Crippen LogP contribution in [0.4, 0.5) is 0 Å². The molecular weight excluding hydrogens is 386 g/mol. The van der Waals surface area contributed by atoms with E-state index in [0.717, 1.165) is 32.6 Å². The van der Waals surface area contributed by atoms with Crippen molar-refractivity contribution in [3.8, 4) is 11.3 Å². The second-order valence-electron chi connectivity index (χ2n) is 6.44. The Bertz CT molecular complexity index is 1080. The summed E-state index contributed by atoms with van der Waals surface area (Å²) >= 11 is 3.08. The Kier molecular flexibility index (Phi) is 5.69. The van der Waals surface area contributed by atoms with Crippen molar-refractivity contribution >= 4 is 39.8 Å². The summed E-state index contributed by atoms with van der Waals surface area (Å²) in [5.41, 5.74) is 3.05. The van der Waals surface area contributed by atoms with Crippen LogP contribution in [-0.2, 0) is 11.3 Å². The number of nitrogens with zero attached hydrogens (tertiary/aromatic N) is 3. The van der Waals surface area contributed by atoms with Crippen molar-refractivity contribution in [1.82, 2.24) is 15.1 Å². The molecule has 0 unspecified atom stereocenters. The van der Waals surface area contributed by atoms with Crippen molar-refractivity contribution < 1.29 is 4.79 Å². The summed E-state index contributed by atoms with van der Waals surface area (Å²) < 4.78 is 0. The summed E-state index contributed by atoms with van der Waals surface area (Å²) in [6.07, 6.45) is 0. The Morgan fingerprint density at radius 2 is 1.75 bits per heavy atom. The highest BCUT2D eigenvalue weighted by atomic mass is 32.2. The van der Waals surface area contributed by atoms with Crippen molar-refractivity contribution in [2.45, 2.75) is 11.6 Å². The minimum atomic E-state index is 0.0780. The molecule has 1 amide bonds. The van der Waals surface area contributed by atoms with E-state index in [1.165, 1.54) is 11.8 Å². The van der Waals surface area contributed by atoms with Gasteiger partial charge in [0.15, 0.2) is 0 Å². The fourth-order valence-electron chi connectivity index (χ4n) is 2.98. The lowest BCUT2D eigenvalue weighted by atomic mass is 10.1. The Morgan fingerprint density at radius 1 is 1.00 bits per heavy atom. The number of rotatable bonds is 6. The average molecular weight is 406 g/mol. The van der Waals surface area contributed by atoms with Crippen LogP contribution in [0, 0.1) is 0 Å². The van der Waals surface area contributed by atoms with Crippen molar-refractivity contribution in [3.05, 3.63) is 77.0 Å². The van der Waals surface area contributed by atoms with Gasteiger partial charge in [0.2, 0.25) is 5.91 Å². The maximum absolute atomic E-state index is 12.5. The molecule has 0 aliphatic heterocycles. The predicted octanol–water partition coefficient (Wildman–Crippen LogP) is 5.11. The summed E-state index contributed by atoms with van der Waals surface area (Å²) in [7, 11) is 1.84. The summed E-state index contributed by atoms with van der Waals surface area (Å²) in [6.45, 7) is 0.627. The van der Waals surface area contributed by atoms with Gasteiger partial charge in [0.25, 0.3) is 0 Å². The molecule has 0 saturated carbocycles. The lowest BCUT2D eigenvalue weighted by molar-refractivity contribution is -0.127. The van der Waals surface area contributed by atoms with Crippen LogP contribution in [0.25, 0.3) is 22.0 Å². The molecule has 0 aliphatic carbocycles. The molecule has 28 heavy (non-hydrogen) atoms. The van der Waals surface area contributed by atoms with E-state index in [1.807, 2.05) is 67.0 Å². The third kappa shape index (κ3) is 4.08. The molecule has 0 aliphatic rings. The third-order valence-corrected chi connectivity index (χ3v) is 6.16. The summed E-state index contributed by atoms with van der Waals surface area (Å²) in [4.78, 5) is 14.3. The third-order valence-electron chi connectivity index (χ3n) is 4.46. The normalized spacial score (nSPS) is 10.9. The minimum absolute atomic E-state index is 0.0780. The first-order valence-electron chi connectivity index (χ1n) is 8.91. The topological polar surface area (TPSA) is 46.1 Å². The molecule has 0 spiro atoms. The average Bonchev–Trinajstić information content (AvgIpc) is 3.25. The molecule has 0 atom stereocenters. The Hall–Kier alpha value is -2.70. The van der Waals surface area contributed by atoms with Gasteiger partial charge in [0.1, 0.15) is 10.7 Å². The first kappa shape index (κ1) is 18.7. The van der Waals surface area contributed by atoms with Crippen molar-refractivity contribution in [2.75, 3.05) is 12.8 Å². The Morgan fingerprint density at radius 3 is 2.50 bits per heavy atom. The number of hydrogen-bond donors (Lipinski definition) is 0. The van der Waals surface area contributed by atoms with Crippen LogP contribution < -0.4 is 0 Å². The molecule has 0 bridgehead atoms. The van der Waals surface area contributed by atoms with Gasteiger partial charge in [0.05, 0.1) is 5.75 Å². The van der Waals surface area contributed by atoms with Gasteiger partial charge >= 0.3 is 0 Å². The first-order valence-corrected chi connectivity index (χ1v) is 10.8. The number of aromatic nitrogens is 2. The smallest absolute Gasteiger partial charge is 0.233 e. The number of thiophene rings is 1. The van der Waals surface area contributed by atoms with E-state index < -0.39 is 0 Å². The van der Waals surface area contributed by atoms with Crippen LogP contribution in [0.15, 0.2) is 76.4 Å². The highest BCUT2D eigenvalue weighted by molar-refractivity contribution is 8.00. The summed E-state index contributed by atoms with van der Waals surface area (Å²) in [6, 6.07) is 20.2. The van der Waals surface area contributed by atoms with Crippen LogP contribution in [-0.4, -0.2) is 33.8 Å². The number of carbonyl (C=O) groups is 1. The van der Waals surface area contributed by atoms with Gasteiger partial charge in [-0.15, -0.1) is 10.2 Å². The zero-order valence-corrected chi connectivity index (χ0v) is 17.0. The number of fused-ring (bicyclic) bond motifs is 1. The van der Waals surface area contributed by atoms with E-state index in [9.17, 15) is 4.79 Å². The SMILES string of the molecule is CN(Cc1ccsc1)C(=O)CSc1nnc(-c2ccccc2)c2ccccc12. The molecule has 0 saturated heterocycles. The molecule has 4 nitrogen and oxygen atoms in total. The van der Waals surface area contributed by atoms with Gasteiger partial charge in [-0.1, -0.05) is 66.4 Å². The van der Waals surface area contributed by atoms with Gasteiger partial charge in [-0.2, -0.15) is 11.3 Å². The molecule has 0 N–H and O–H groups in total. The highest BCUT2D eigenvalue weighted by Crippen LogP contribution is 2.31. The molecule has 0 fully saturated rings. The monoisotopic (exact) mass is 405 g/mol. The van der Waals surface area contributed by atoms with E-state index in [2.05, 4.69) is 21.6 Å². The number of thioether (sulfide) groups is 1. The van der Waals surface area contributed by atoms with Crippen molar-refractivity contribution in [3.63, 3.8) is 0 Å². The van der Waals surface area contributed by atoms with Gasteiger partial charge in [-0.05, 0) is 22.4 Å². The largest absolute Gasteiger partial charge is 0.341 e. The zero-order valence-electron chi connectivity index (χ0n) is 15.4. The molecule has 4 rings (SSSR count). The van der Waals surface area contributed by atoms with Crippen LogP contribution in [0.2, 0.25) is 0 Å². The standard InChI is InChI=1S/C22H19N3OS2/c1-25(13-16-11-12-27-14-16)20(26)15-28-22-19-10-6-5-9-18(19)21(23-24-22)17-7-3-2-4-8-17/h2-12,14H,13,15H2,1H3. The molecular formula is C22H19N3OS2. The molecule has 2 aromatic carbocycles. The zero-order chi connectivity index (χ0) is 19.3. The molecule has 4 aromatic rings. The summed E-state index contributed by atoms with van der Waals surface area (Å²) in [5, 5.41) is 15.8. The van der Waals surface area contributed by atoms with E-state index in [4.69, 9.17) is 0 Å². The second kappa shape index (κ2) is 8.54. The lowest BCUT2D eigenvalue weighted by Crippen LogP contribution is -2.27.